The van der Waals surface area contributed by atoms with Gasteiger partial charge in [0.2, 0.25) is 0 Å². The lowest BCUT2D eigenvalue weighted by Gasteiger charge is -2.10. The van der Waals surface area contributed by atoms with E-state index in [1.165, 1.54) is 18.2 Å². The summed E-state index contributed by atoms with van der Waals surface area (Å²) in [5.74, 6) is 1.11. The summed E-state index contributed by atoms with van der Waals surface area (Å²) in [6.07, 6.45) is 0. The van der Waals surface area contributed by atoms with Gasteiger partial charge in [0.05, 0.1) is 17.1 Å². The first-order valence-corrected chi connectivity index (χ1v) is 6.62. The Labute approximate surface area is 124 Å². The molecule has 2 aromatic rings. The maximum atomic E-state index is 10.8. The van der Waals surface area contributed by atoms with Crippen molar-refractivity contribution >= 4 is 21.6 Å². The van der Waals surface area contributed by atoms with E-state index >= 15 is 0 Å². The van der Waals surface area contributed by atoms with Gasteiger partial charge in [-0.3, -0.25) is 10.1 Å². The highest BCUT2D eigenvalue weighted by molar-refractivity contribution is 9.10. The lowest BCUT2D eigenvalue weighted by Crippen LogP contribution is -1.96. The molecule has 0 saturated heterocycles. The second-order valence-corrected chi connectivity index (χ2v) is 5.13. The summed E-state index contributed by atoms with van der Waals surface area (Å²) in [6.45, 7) is 1.49. The molecular weight excluding hydrogens is 326 g/mol. The van der Waals surface area contributed by atoms with Gasteiger partial charge in [0.25, 0.3) is 5.69 Å². The van der Waals surface area contributed by atoms with E-state index in [1.807, 2.05) is 19.1 Å². The zero-order chi connectivity index (χ0) is 14.7. The topological polar surface area (TPSA) is 72.6 Å². The largest absolute Gasteiger partial charge is 0.457 e. The number of hydrogen-bond donors (Lipinski definition) is 1. The van der Waals surface area contributed by atoms with Crippen LogP contribution in [-0.4, -0.2) is 10.0 Å². The lowest BCUT2D eigenvalue weighted by molar-refractivity contribution is -0.385. The molecule has 1 N–H and O–H groups in total. The molecule has 0 heterocycles. The summed E-state index contributed by atoms with van der Waals surface area (Å²) in [6, 6.07) is 9.88. The van der Waals surface area contributed by atoms with Gasteiger partial charge in [-0.25, -0.2) is 0 Å². The Morgan fingerprint density at radius 3 is 2.65 bits per heavy atom. The number of aliphatic hydroxyl groups excluding tert-OH is 1. The standard InChI is InChI=1S/C14H12BrNO4/c1-9-6-11(15)2-5-14(9)20-12-3-4-13(16(18)19)10(7-12)8-17/h2-7,17H,8H2,1H3. The number of rotatable bonds is 4. The molecule has 0 aliphatic carbocycles. The summed E-state index contributed by atoms with van der Waals surface area (Å²) in [7, 11) is 0. The second kappa shape index (κ2) is 6.02. The minimum absolute atomic E-state index is 0.118. The van der Waals surface area contributed by atoms with Crippen LogP contribution < -0.4 is 4.74 Å². The molecule has 2 rings (SSSR count). The van der Waals surface area contributed by atoms with E-state index in [9.17, 15) is 15.2 Å². The molecule has 20 heavy (non-hydrogen) atoms. The van der Waals surface area contributed by atoms with Crippen LogP contribution >= 0.6 is 15.9 Å². The average molecular weight is 338 g/mol. The Hall–Kier alpha value is -1.92. The van der Waals surface area contributed by atoms with Gasteiger partial charge in [0.15, 0.2) is 0 Å². The molecule has 0 saturated carbocycles. The molecule has 6 heteroatoms. The molecule has 104 valence electrons. The van der Waals surface area contributed by atoms with Crippen LogP contribution in [0.4, 0.5) is 5.69 Å². The van der Waals surface area contributed by atoms with Crippen LogP contribution in [0.3, 0.4) is 0 Å². The summed E-state index contributed by atoms with van der Waals surface area (Å²) in [5, 5.41) is 20.0. The zero-order valence-corrected chi connectivity index (χ0v) is 12.3. The Morgan fingerprint density at radius 1 is 1.30 bits per heavy atom. The third-order valence-electron chi connectivity index (χ3n) is 2.78. The molecule has 0 amide bonds. The Kier molecular flexibility index (Phi) is 4.36. The van der Waals surface area contributed by atoms with Crippen molar-refractivity contribution in [1.82, 2.24) is 0 Å². The van der Waals surface area contributed by atoms with E-state index in [0.717, 1.165) is 10.0 Å². The quantitative estimate of drug-likeness (QED) is 0.677. The molecule has 0 bridgehead atoms. The molecule has 0 unspecified atom stereocenters. The fraction of sp³-hybridized carbons (Fsp3) is 0.143. The normalized spacial score (nSPS) is 10.3. The van der Waals surface area contributed by atoms with Crippen molar-refractivity contribution in [1.29, 1.82) is 0 Å². The monoisotopic (exact) mass is 337 g/mol. The molecule has 0 aliphatic rings. The van der Waals surface area contributed by atoms with Crippen molar-refractivity contribution in [3.05, 3.63) is 62.1 Å². The number of hydrogen-bond acceptors (Lipinski definition) is 4. The van der Waals surface area contributed by atoms with Crippen LogP contribution in [0.2, 0.25) is 0 Å². The number of nitrogens with zero attached hydrogens (tertiary/aromatic N) is 1. The number of aliphatic hydroxyl groups is 1. The molecular formula is C14H12BrNO4. The molecule has 0 aliphatic heterocycles. The Morgan fingerprint density at radius 2 is 2.05 bits per heavy atom. The number of halogens is 1. The van der Waals surface area contributed by atoms with Crippen molar-refractivity contribution < 1.29 is 14.8 Å². The third kappa shape index (κ3) is 3.15. The zero-order valence-electron chi connectivity index (χ0n) is 10.7. The summed E-state index contributed by atoms with van der Waals surface area (Å²) in [4.78, 5) is 10.3. The molecule has 5 nitrogen and oxygen atoms in total. The van der Waals surface area contributed by atoms with E-state index in [4.69, 9.17) is 4.74 Å². The van der Waals surface area contributed by atoms with Crippen LogP contribution in [0.25, 0.3) is 0 Å². The van der Waals surface area contributed by atoms with Crippen molar-refractivity contribution in [2.75, 3.05) is 0 Å². The van der Waals surface area contributed by atoms with Gasteiger partial charge < -0.3 is 9.84 Å². The number of nitro benzene ring substituents is 1. The van der Waals surface area contributed by atoms with Crippen molar-refractivity contribution in [3.8, 4) is 11.5 Å². The summed E-state index contributed by atoms with van der Waals surface area (Å²) in [5.41, 5.74) is 1.04. The third-order valence-corrected chi connectivity index (χ3v) is 3.28. The number of benzene rings is 2. The maximum Gasteiger partial charge on any atom is 0.275 e. The number of ether oxygens (including phenoxy) is 1. The van der Waals surface area contributed by atoms with E-state index in [1.54, 1.807) is 6.07 Å². The van der Waals surface area contributed by atoms with Gasteiger partial charge in [-0.1, -0.05) is 15.9 Å². The highest BCUT2D eigenvalue weighted by Gasteiger charge is 2.14. The van der Waals surface area contributed by atoms with Crippen molar-refractivity contribution in [2.45, 2.75) is 13.5 Å². The van der Waals surface area contributed by atoms with Gasteiger partial charge in [0, 0.05) is 10.5 Å². The van der Waals surface area contributed by atoms with Crippen molar-refractivity contribution in [2.24, 2.45) is 0 Å². The van der Waals surface area contributed by atoms with Crippen LogP contribution in [0.15, 0.2) is 40.9 Å². The fourth-order valence-electron chi connectivity index (χ4n) is 1.78. The first-order chi connectivity index (χ1) is 9.51. The summed E-state index contributed by atoms with van der Waals surface area (Å²) < 4.78 is 6.63. The molecule has 0 atom stereocenters. The van der Waals surface area contributed by atoms with E-state index in [2.05, 4.69) is 15.9 Å². The summed E-state index contributed by atoms with van der Waals surface area (Å²) >= 11 is 3.37. The van der Waals surface area contributed by atoms with E-state index in [0.29, 0.717) is 11.5 Å². The maximum absolute atomic E-state index is 10.8. The smallest absolute Gasteiger partial charge is 0.275 e. The SMILES string of the molecule is Cc1cc(Br)ccc1Oc1ccc([N+](=O)[O-])c(CO)c1. The van der Waals surface area contributed by atoms with E-state index < -0.39 is 11.5 Å². The fourth-order valence-corrected chi connectivity index (χ4v) is 2.26. The van der Waals surface area contributed by atoms with Gasteiger partial charge in [0.1, 0.15) is 11.5 Å². The molecule has 0 radical (unpaired) electrons. The van der Waals surface area contributed by atoms with Gasteiger partial charge in [-0.2, -0.15) is 0 Å². The van der Waals surface area contributed by atoms with Crippen LogP contribution in [-0.2, 0) is 6.61 Å². The van der Waals surface area contributed by atoms with Crippen LogP contribution in [0.5, 0.6) is 11.5 Å². The van der Waals surface area contributed by atoms with Crippen LogP contribution in [0, 0.1) is 17.0 Å². The highest BCUT2D eigenvalue weighted by atomic mass is 79.9. The molecule has 0 spiro atoms. The number of aryl methyl sites for hydroxylation is 1. The second-order valence-electron chi connectivity index (χ2n) is 4.22. The molecule has 0 aromatic heterocycles. The molecule has 0 fully saturated rings. The Bertz CT molecular complexity index is 658. The minimum Gasteiger partial charge on any atom is -0.457 e. The highest BCUT2D eigenvalue weighted by Crippen LogP contribution is 2.30. The lowest BCUT2D eigenvalue weighted by atomic mass is 10.2. The first kappa shape index (κ1) is 14.5. The van der Waals surface area contributed by atoms with Gasteiger partial charge in [-0.15, -0.1) is 0 Å². The van der Waals surface area contributed by atoms with Crippen LogP contribution in [0.1, 0.15) is 11.1 Å². The average Bonchev–Trinajstić information content (AvgIpc) is 2.41. The van der Waals surface area contributed by atoms with Gasteiger partial charge in [-0.05, 0) is 42.8 Å². The van der Waals surface area contributed by atoms with Crippen molar-refractivity contribution in [3.63, 3.8) is 0 Å². The van der Waals surface area contributed by atoms with Gasteiger partial charge >= 0.3 is 0 Å². The van der Waals surface area contributed by atoms with E-state index in [-0.39, 0.29) is 11.3 Å². The minimum atomic E-state index is -0.528. The predicted octanol–water partition coefficient (Wildman–Crippen LogP) is 3.95. The first-order valence-electron chi connectivity index (χ1n) is 5.83. The Balaban J connectivity index is 2.32. The number of nitro groups is 1. The molecule has 2 aromatic carbocycles. The predicted molar refractivity (Wildman–Crippen MR) is 78.0 cm³/mol.